The fraction of sp³-hybridized carbons (Fsp3) is 0.667. The highest BCUT2D eigenvalue weighted by Gasteiger charge is 2.18. The summed E-state index contributed by atoms with van der Waals surface area (Å²) in [5, 5.41) is 2.88. The molecule has 1 amide bonds. The number of pyridine rings is 1. The van der Waals surface area contributed by atoms with E-state index in [0.717, 1.165) is 18.4 Å². The minimum Gasteiger partial charge on any atom is -0.475 e. The Morgan fingerprint density at radius 3 is 2.58 bits per heavy atom. The Labute approximate surface area is 152 Å². The molecule has 24 heavy (non-hydrogen) atoms. The van der Waals surface area contributed by atoms with Gasteiger partial charge in [0.05, 0.1) is 12.1 Å². The van der Waals surface area contributed by atoms with Crippen molar-refractivity contribution in [2.24, 2.45) is 17.6 Å². The van der Waals surface area contributed by atoms with Gasteiger partial charge in [0.2, 0.25) is 11.8 Å². The topological polar surface area (TPSA) is 77.2 Å². The van der Waals surface area contributed by atoms with Gasteiger partial charge in [-0.3, -0.25) is 4.79 Å². The van der Waals surface area contributed by atoms with Crippen LogP contribution in [0.4, 0.5) is 0 Å². The van der Waals surface area contributed by atoms with E-state index in [9.17, 15) is 4.79 Å². The molecule has 138 valence electrons. The van der Waals surface area contributed by atoms with E-state index in [1.54, 1.807) is 6.20 Å². The van der Waals surface area contributed by atoms with Gasteiger partial charge in [-0.1, -0.05) is 34.1 Å². The molecular formula is C18H32ClN3O2. The third-order valence-corrected chi connectivity index (χ3v) is 3.95. The van der Waals surface area contributed by atoms with E-state index in [2.05, 4.69) is 24.1 Å². The number of aromatic nitrogens is 1. The number of halogens is 1. The number of amides is 1. The van der Waals surface area contributed by atoms with E-state index in [4.69, 9.17) is 10.5 Å². The van der Waals surface area contributed by atoms with Gasteiger partial charge in [-0.05, 0) is 36.8 Å². The zero-order valence-corrected chi connectivity index (χ0v) is 16.2. The van der Waals surface area contributed by atoms with E-state index >= 15 is 0 Å². The summed E-state index contributed by atoms with van der Waals surface area (Å²) in [5.41, 5.74) is 6.88. The molecule has 5 nitrogen and oxygen atoms in total. The number of ether oxygens (including phenoxy) is 1. The van der Waals surface area contributed by atoms with Crippen LogP contribution >= 0.6 is 12.4 Å². The van der Waals surface area contributed by atoms with Gasteiger partial charge in [-0.25, -0.2) is 4.98 Å². The number of hydrogen-bond acceptors (Lipinski definition) is 4. The smallest absolute Gasteiger partial charge is 0.237 e. The van der Waals surface area contributed by atoms with E-state index in [1.807, 2.05) is 32.9 Å². The lowest BCUT2D eigenvalue weighted by Crippen LogP contribution is -2.44. The summed E-state index contributed by atoms with van der Waals surface area (Å²) in [4.78, 5) is 16.2. The predicted octanol–water partition coefficient (Wildman–Crippen LogP) is 3.31. The van der Waals surface area contributed by atoms with Crippen LogP contribution in [0.25, 0.3) is 0 Å². The fourth-order valence-electron chi connectivity index (χ4n) is 2.36. The van der Waals surface area contributed by atoms with Crippen LogP contribution in [0.2, 0.25) is 0 Å². The van der Waals surface area contributed by atoms with Gasteiger partial charge in [0, 0.05) is 18.8 Å². The van der Waals surface area contributed by atoms with Crippen molar-refractivity contribution in [1.82, 2.24) is 10.3 Å². The molecule has 3 atom stereocenters. The molecule has 1 aromatic heterocycles. The Morgan fingerprint density at radius 2 is 2.00 bits per heavy atom. The van der Waals surface area contributed by atoms with Gasteiger partial charge in [0.1, 0.15) is 0 Å². The number of nitrogens with zero attached hydrogens (tertiary/aromatic N) is 1. The molecule has 3 N–H and O–H groups in total. The molecule has 0 aliphatic carbocycles. The molecule has 0 radical (unpaired) electrons. The maximum atomic E-state index is 12.0. The first-order chi connectivity index (χ1) is 10.8. The van der Waals surface area contributed by atoms with Crippen LogP contribution in [0.5, 0.6) is 5.88 Å². The highest BCUT2D eigenvalue weighted by molar-refractivity contribution is 5.85. The van der Waals surface area contributed by atoms with Crippen LogP contribution < -0.4 is 15.8 Å². The standard InChI is InChI=1S/C18H31N3O2.ClH/c1-6-13(4)17(19)18(22)21-11-15-7-8-20-16(10-15)23-14(5)9-12(2)3;/h7-8,10,12-14,17H,6,9,11,19H2,1-5H3,(H,21,22);1H. The summed E-state index contributed by atoms with van der Waals surface area (Å²) in [6, 6.07) is 3.27. The lowest BCUT2D eigenvalue weighted by atomic mass is 9.99. The van der Waals surface area contributed by atoms with Gasteiger partial charge in [0.15, 0.2) is 0 Å². The van der Waals surface area contributed by atoms with Gasteiger partial charge >= 0.3 is 0 Å². The molecule has 1 rings (SSSR count). The summed E-state index contributed by atoms with van der Waals surface area (Å²) in [7, 11) is 0. The minimum atomic E-state index is -0.469. The number of nitrogens with two attached hydrogens (primary N) is 1. The molecule has 0 saturated carbocycles. The number of carbonyl (C=O) groups excluding carboxylic acids is 1. The van der Waals surface area contributed by atoms with Gasteiger partial charge in [-0.15, -0.1) is 12.4 Å². The van der Waals surface area contributed by atoms with E-state index in [1.165, 1.54) is 0 Å². The van der Waals surface area contributed by atoms with Crippen molar-refractivity contribution >= 4 is 18.3 Å². The molecule has 1 aromatic rings. The van der Waals surface area contributed by atoms with Crippen molar-refractivity contribution < 1.29 is 9.53 Å². The molecule has 3 unspecified atom stereocenters. The molecule has 1 heterocycles. The summed E-state index contributed by atoms with van der Waals surface area (Å²) in [5.74, 6) is 1.22. The monoisotopic (exact) mass is 357 g/mol. The van der Waals surface area contributed by atoms with Crippen LogP contribution in [0.15, 0.2) is 18.3 Å². The largest absolute Gasteiger partial charge is 0.475 e. The second-order valence-electron chi connectivity index (χ2n) is 6.69. The van der Waals surface area contributed by atoms with Crippen molar-refractivity contribution in [1.29, 1.82) is 0 Å². The normalized spacial score (nSPS) is 14.5. The molecule has 0 aliphatic rings. The van der Waals surface area contributed by atoms with E-state index < -0.39 is 6.04 Å². The van der Waals surface area contributed by atoms with Crippen molar-refractivity contribution in [2.45, 2.75) is 66.2 Å². The Balaban J connectivity index is 0.00000529. The second kappa shape index (κ2) is 11.3. The molecule has 0 spiro atoms. The Kier molecular flexibility index (Phi) is 10.6. The van der Waals surface area contributed by atoms with Gasteiger partial charge in [-0.2, -0.15) is 0 Å². The quantitative estimate of drug-likeness (QED) is 0.710. The maximum absolute atomic E-state index is 12.0. The SMILES string of the molecule is CCC(C)C(N)C(=O)NCc1ccnc(OC(C)CC(C)C)c1.Cl. The van der Waals surface area contributed by atoms with Crippen molar-refractivity contribution in [3.05, 3.63) is 23.9 Å². The molecule has 0 aliphatic heterocycles. The van der Waals surface area contributed by atoms with Crippen molar-refractivity contribution in [3.8, 4) is 5.88 Å². The van der Waals surface area contributed by atoms with Gasteiger partial charge < -0.3 is 15.8 Å². The first-order valence-electron chi connectivity index (χ1n) is 8.48. The third-order valence-electron chi connectivity index (χ3n) is 3.95. The number of rotatable bonds is 9. The first kappa shape index (κ1) is 22.7. The zero-order valence-electron chi connectivity index (χ0n) is 15.4. The Morgan fingerprint density at radius 1 is 1.33 bits per heavy atom. The fourth-order valence-corrected chi connectivity index (χ4v) is 2.36. The predicted molar refractivity (Wildman–Crippen MR) is 100 cm³/mol. The average molecular weight is 358 g/mol. The molecule has 0 saturated heterocycles. The molecule has 0 aromatic carbocycles. The average Bonchev–Trinajstić information content (AvgIpc) is 2.50. The Bertz CT molecular complexity index is 497. The van der Waals surface area contributed by atoms with Crippen LogP contribution in [0.3, 0.4) is 0 Å². The number of hydrogen-bond donors (Lipinski definition) is 2. The molecule has 0 fully saturated rings. The second-order valence-corrected chi connectivity index (χ2v) is 6.69. The summed E-state index contributed by atoms with van der Waals surface area (Å²) >= 11 is 0. The van der Waals surface area contributed by atoms with Crippen LogP contribution in [-0.4, -0.2) is 23.0 Å². The molecule has 6 heteroatoms. The molecule has 0 bridgehead atoms. The highest BCUT2D eigenvalue weighted by atomic mass is 35.5. The van der Waals surface area contributed by atoms with Crippen molar-refractivity contribution in [3.63, 3.8) is 0 Å². The lowest BCUT2D eigenvalue weighted by Gasteiger charge is -2.18. The van der Waals surface area contributed by atoms with E-state index in [-0.39, 0.29) is 30.3 Å². The third kappa shape index (κ3) is 7.97. The number of nitrogens with one attached hydrogen (secondary N) is 1. The minimum absolute atomic E-state index is 0. The van der Waals surface area contributed by atoms with E-state index in [0.29, 0.717) is 18.3 Å². The summed E-state index contributed by atoms with van der Waals surface area (Å²) in [6.45, 7) is 10.8. The summed E-state index contributed by atoms with van der Waals surface area (Å²) in [6.07, 6.45) is 3.68. The maximum Gasteiger partial charge on any atom is 0.237 e. The Hall–Kier alpha value is -1.33. The van der Waals surface area contributed by atoms with Crippen molar-refractivity contribution in [2.75, 3.05) is 0 Å². The highest BCUT2D eigenvalue weighted by Crippen LogP contribution is 2.15. The van der Waals surface area contributed by atoms with Crippen LogP contribution in [0.1, 0.15) is 53.0 Å². The van der Waals surface area contributed by atoms with Crippen LogP contribution in [-0.2, 0) is 11.3 Å². The van der Waals surface area contributed by atoms with Crippen LogP contribution in [0, 0.1) is 11.8 Å². The number of carbonyl (C=O) groups is 1. The molecular weight excluding hydrogens is 326 g/mol. The van der Waals surface area contributed by atoms with Gasteiger partial charge in [0.25, 0.3) is 0 Å². The first-order valence-corrected chi connectivity index (χ1v) is 8.48. The lowest BCUT2D eigenvalue weighted by molar-refractivity contribution is -0.123. The zero-order chi connectivity index (χ0) is 17.4. The summed E-state index contributed by atoms with van der Waals surface area (Å²) < 4.78 is 5.83.